The van der Waals surface area contributed by atoms with Crippen LogP contribution in [0.4, 0.5) is 0 Å². The maximum atomic E-state index is 13.0. The number of amides is 1. The number of aryl methyl sites for hydroxylation is 2. The molecule has 2 aliphatic rings. The standard InChI is InChI=1S/C22H23NO3/c1-26-22(25)16-10-9-15-11-12-20(19(15)13-16)23-21(24)18-8-4-6-14-5-2-3-7-17(14)18/h2-3,5,7,9-10,13,18,20H,4,6,8,11-12H2,1H3,(H,23,24)/t18-,20+/m0/s1. The van der Waals surface area contributed by atoms with E-state index in [9.17, 15) is 9.59 Å². The van der Waals surface area contributed by atoms with Crippen LogP contribution in [0.25, 0.3) is 0 Å². The van der Waals surface area contributed by atoms with Gasteiger partial charge in [-0.15, -0.1) is 0 Å². The minimum Gasteiger partial charge on any atom is -0.465 e. The second-order valence-corrected chi connectivity index (χ2v) is 7.15. The summed E-state index contributed by atoms with van der Waals surface area (Å²) in [6, 6.07) is 13.9. The molecule has 0 saturated carbocycles. The van der Waals surface area contributed by atoms with E-state index in [1.54, 1.807) is 6.07 Å². The first-order valence-corrected chi connectivity index (χ1v) is 9.26. The van der Waals surface area contributed by atoms with Crippen LogP contribution in [0, 0.1) is 0 Å². The lowest BCUT2D eigenvalue weighted by molar-refractivity contribution is -0.123. The zero-order valence-corrected chi connectivity index (χ0v) is 15.0. The van der Waals surface area contributed by atoms with Crippen molar-refractivity contribution in [1.82, 2.24) is 5.32 Å². The molecule has 0 saturated heterocycles. The smallest absolute Gasteiger partial charge is 0.337 e. The zero-order valence-electron chi connectivity index (χ0n) is 15.0. The molecule has 0 aliphatic heterocycles. The third-order valence-electron chi connectivity index (χ3n) is 5.65. The zero-order chi connectivity index (χ0) is 18.1. The van der Waals surface area contributed by atoms with E-state index in [-0.39, 0.29) is 23.8 Å². The fraction of sp³-hybridized carbons (Fsp3) is 0.364. The van der Waals surface area contributed by atoms with Crippen molar-refractivity contribution in [3.8, 4) is 0 Å². The average molecular weight is 349 g/mol. The molecule has 0 radical (unpaired) electrons. The van der Waals surface area contributed by atoms with Crippen molar-refractivity contribution in [2.45, 2.75) is 44.1 Å². The van der Waals surface area contributed by atoms with Gasteiger partial charge in [-0.25, -0.2) is 4.79 Å². The largest absolute Gasteiger partial charge is 0.465 e. The summed E-state index contributed by atoms with van der Waals surface area (Å²) in [5, 5.41) is 3.24. The number of ether oxygens (including phenoxy) is 1. The molecule has 2 aliphatic carbocycles. The van der Waals surface area contributed by atoms with Gasteiger partial charge in [-0.1, -0.05) is 30.3 Å². The van der Waals surface area contributed by atoms with Crippen LogP contribution in [0.5, 0.6) is 0 Å². The number of fused-ring (bicyclic) bond motifs is 2. The third kappa shape index (κ3) is 3.00. The lowest BCUT2D eigenvalue weighted by Gasteiger charge is -2.26. The quantitative estimate of drug-likeness (QED) is 0.860. The summed E-state index contributed by atoms with van der Waals surface area (Å²) >= 11 is 0. The summed E-state index contributed by atoms with van der Waals surface area (Å²) in [6.07, 6.45) is 4.78. The second kappa shape index (κ2) is 6.94. The topological polar surface area (TPSA) is 55.4 Å². The van der Waals surface area contributed by atoms with Crippen LogP contribution in [0.15, 0.2) is 42.5 Å². The predicted molar refractivity (Wildman–Crippen MR) is 99.1 cm³/mol. The monoisotopic (exact) mass is 349 g/mol. The first-order chi connectivity index (χ1) is 12.7. The minimum atomic E-state index is -0.342. The molecule has 0 aromatic heterocycles. The molecule has 4 heteroatoms. The molecule has 0 heterocycles. The highest BCUT2D eigenvalue weighted by molar-refractivity contribution is 5.90. The molecule has 2 aromatic rings. The molecule has 4 nitrogen and oxygen atoms in total. The lowest BCUT2D eigenvalue weighted by Crippen LogP contribution is -2.33. The molecular formula is C22H23NO3. The van der Waals surface area contributed by atoms with Crippen molar-refractivity contribution >= 4 is 11.9 Å². The number of nitrogens with one attached hydrogen (secondary N) is 1. The Hall–Kier alpha value is -2.62. The number of methoxy groups -OCH3 is 1. The molecule has 1 N–H and O–H groups in total. The average Bonchev–Trinajstić information content (AvgIpc) is 3.08. The summed E-state index contributed by atoms with van der Waals surface area (Å²) < 4.78 is 4.82. The van der Waals surface area contributed by atoms with Gasteiger partial charge in [-0.2, -0.15) is 0 Å². The minimum absolute atomic E-state index is 0.0313. The molecule has 0 fully saturated rings. The summed E-state index contributed by atoms with van der Waals surface area (Å²) in [4.78, 5) is 24.8. The summed E-state index contributed by atoms with van der Waals surface area (Å²) in [7, 11) is 1.38. The number of benzene rings is 2. The Balaban J connectivity index is 1.55. The normalized spacial score (nSPS) is 20.8. The van der Waals surface area contributed by atoms with Gasteiger partial charge in [0.25, 0.3) is 0 Å². The Morgan fingerprint density at radius 3 is 2.65 bits per heavy atom. The van der Waals surface area contributed by atoms with Crippen LogP contribution in [0.2, 0.25) is 0 Å². The van der Waals surface area contributed by atoms with E-state index in [1.165, 1.54) is 18.2 Å². The number of rotatable bonds is 3. The van der Waals surface area contributed by atoms with Crippen molar-refractivity contribution in [2.24, 2.45) is 0 Å². The van der Waals surface area contributed by atoms with E-state index >= 15 is 0 Å². The fourth-order valence-electron chi connectivity index (χ4n) is 4.30. The van der Waals surface area contributed by atoms with Gasteiger partial charge >= 0.3 is 5.97 Å². The highest BCUT2D eigenvalue weighted by Gasteiger charge is 2.30. The van der Waals surface area contributed by atoms with E-state index in [4.69, 9.17) is 4.74 Å². The van der Waals surface area contributed by atoms with Gasteiger partial charge in [0.2, 0.25) is 5.91 Å². The maximum Gasteiger partial charge on any atom is 0.337 e. The lowest BCUT2D eigenvalue weighted by atomic mass is 9.82. The summed E-state index contributed by atoms with van der Waals surface area (Å²) in [6.45, 7) is 0. The predicted octanol–water partition coefficient (Wildman–Crippen LogP) is 3.70. The highest BCUT2D eigenvalue weighted by atomic mass is 16.5. The Bertz CT molecular complexity index is 858. The van der Waals surface area contributed by atoms with Crippen molar-refractivity contribution < 1.29 is 14.3 Å². The van der Waals surface area contributed by atoms with Crippen LogP contribution >= 0.6 is 0 Å². The van der Waals surface area contributed by atoms with Crippen molar-refractivity contribution in [3.05, 3.63) is 70.3 Å². The van der Waals surface area contributed by atoms with Crippen LogP contribution < -0.4 is 5.32 Å². The first-order valence-electron chi connectivity index (χ1n) is 9.26. The van der Waals surface area contributed by atoms with Crippen LogP contribution in [0.3, 0.4) is 0 Å². The Morgan fingerprint density at radius 1 is 1.00 bits per heavy atom. The molecule has 0 bridgehead atoms. The van der Waals surface area contributed by atoms with E-state index in [0.717, 1.165) is 43.2 Å². The molecular weight excluding hydrogens is 326 g/mol. The molecule has 2 aromatic carbocycles. The SMILES string of the molecule is COC(=O)c1ccc2c(c1)[C@H](NC(=O)[C@H]1CCCc3ccccc31)CC2. The summed E-state index contributed by atoms with van der Waals surface area (Å²) in [5.41, 5.74) is 5.24. The van der Waals surface area contributed by atoms with Gasteiger partial charge < -0.3 is 10.1 Å². The molecule has 1 amide bonds. The van der Waals surface area contributed by atoms with Gasteiger partial charge in [-0.3, -0.25) is 4.79 Å². The third-order valence-corrected chi connectivity index (χ3v) is 5.65. The Kier molecular flexibility index (Phi) is 4.49. The molecule has 0 unspecified atom stereocenters. The van der Waals surface area contributed by atoms with Crippen LogP contribution in [-0.4, -0.2) is 19.0 Å². The molecule has 26 heavy (non-hydrogen) atoms. The van der Waals surface area contributed by atoms with Crippen molar-refractivity contribution in [1.29, 1.82) is 0 Å². The fourth-order valence-corrected chi connectivity index (χ4v) is 4.30. The van der Waals surface area contributed by atoms with Crippen molar-refractivity contribution in [2.75, 3.05) is 7.11 Å². The van der Waals surface area contributed by atoms with Gasteiger partial charge in [0.05, 0.1) is 24.6 Å². The van der Waals surface area contributed by atoms with Gasteiger partial charge in [0.1, 0.15) is 0 Å². The van der Waals surface area contributed by atoms with Crippen LogP contribution in [0.1, 0.15) is 63.8 Å². The Labute approximate surface area is 153 Å². The molecule has 4 rings (SSSR count). The first kappa shape index (κ1) is 16.8. The number of carbonyl (C=O) groups excluding carboxylic acids is 2. The number of hydrogen-bond donors (Lipinski definition) is 1. The van der Waals surface area contributed by atoms with E-state index in [2.05, 4.69) is 17.4 Å². The van der Waals surface area contributed by atoms with E-state index < -0.39 is 0 Å². The van der Waals surface area contributed by atoms with Crippen LogP contribution in [-0.2, 0) is 22.4 Å². The van der Waals surface area contributed by atoms with E-state index in [0.29, 0.717) is 5.56 Å². The second-order valence-electron chi connectivity index (χ2n) is 7.15. The molecule has 2 atom stereocenters. The molecule has 0 spiro atoms. The van der Waals surface area contributed by atoms with Gasteiger partial charge in [-0.05, 0) is 66.5 Å². The maximum absolute atomic E-state index is 13.0. The van der Waals surface area contributed by atoms with Crippen molar-refractivity contribution in [3.63, 3.8) is 0 Å². The molecule has 134 valence electrons. The number of esters is 1. The number of hydrogen-bond acceptors (Lipinski definition) is 3. The number of carbonyl (C=O) groups is 2. The highest BCUT2D eigenvalue weighted by Crippen LogP contribution is 2.35. The summed E-state index contributed by atoms with van der Waals surface area (Å²) in [5.74, 6) is -0.322. The van der Waals surface area contributed by atoms with E-state index in [1.807, 2.05) is 24.3 Å². The van der Waals surface area contributed by atoms with Gasteiger partial charge in [0, 0.05) is 0 Å². The van der Waals surface area contributed by atoms with Gasteiger partial charge in [0.15, 0.2) is 0 Å². The Morgan fingerprint density at radius 2 is 1.81 bits per heavy atom.